The van der Waals surface area contributed by atoms with E-state index in [1.807, 2.05) is 0 Å². The van der Waals surface area contributed by atoms with Crippen LogP contribution in [0.4, 0.5) is 0 Å². The van der Waals surface area contributed by atoms with Crippen LogP contribution in [0.3, 0.4) is 0 Å². The van der Waals surface area contributed by atoms with Crippen molar-refractivity contribution >= 4 is 35.4 Å². The van der Waals surface area contributed by atoms with Crippen LogP contribution in [0.15, 0.2) is 48.6 Å². The average molecular weight is 1020 g/mol. The number of phosphoric ester groups is 3. The number of ether oxygens (including phenoxy) is 2. The molecule has 0 amide bonds. The van der Waals surface area contributed by atoms with Crippen molar-refractivity contribution in [2.24, 2.45) is 0 Å². The fraction of sp³-hybridized carbons (Fsp3) is 0.778. The van der Waals surface area contributed by atoms with Gasteiger partial charge in [0.2, 0.25) is 0 Å². The van der Waals surface area contributed by atoms with Gasteiger partial charge in [-0.15, -0.1) is 0 Å². The van der Waals surface area contributed by atoms with E-state index in [0.717, 1.165) is 89.9 Å². The summed E-state index contributed by atoms with van der Waals surface area (Å²) in [5.74, 6) is -1.33. The van der Waals surface area contributed by atoms with Gasteiger partial charge in [-0.1, -0.05) is 133 Å². The van der Waals surface area contributed by atoms with Crippen LogP contribution in [0.5, 0.6) is 0 Å². The highest BCUT2D eigenvalue weighted by atomic mass is 31.2. The largest absolute Gasteiger partial charge is 0.472 e. The van der Waals surface area contributed by atoms with Crippen LogP contribution in [0.1, 0.15) is 168 Å². The molecule has 1 saturated carbocycles. The van der Waals surface area contributed by atoms with Gasteiger partial charge >= 0.3 is 35.4 Å². The molecular weight excluding hydrogens is 937 g/mol. The fourth-order valence-corrected chi connectivity index (χ4v) is 9.16. The molecule has 390 valence electrons. The third-order valence-electron chi connectivity index (χ3n) is 10.6. The lowest BCUT2D eigenvalue weighted by atomic mass is 9.85. The standard InChI is InChI=1S/C45H81O19P3/c1-3-5-7-9-11-13-15-17-19-21-23-25-27-29-31-33-38(46)59-35-37(61-39(47)34-32-30-28-26-24-22-20-18-16-14-12-10-8-6-4-2)36-60-67(57,58)64-43-40(48)41(49)44(62-65(51,52)53)45(42(43)50)63-66(54,55)56/h5,7,11,13,17-20,37,40-45,48-50H,3-4,6,8-10,12,14-16,21-36H2,1-2H3,(H,57,58)(H2,51,52,53)(H2,54,55,56). The van der Waals surface area contributed by atoms with Crippen molar-refractivity contribution in [3.63, 3.8) is 0 Å². The Bertz CT molecular complexity index is 1590. The monoisotopic (exact) mass is 1020 g/mol. The quantitative estimate of drug-likeness (QED) is 0.0123. The molecule has 8 unspecified atom stereocenters. The Kier molecular flexibility index (Phi) is 34.8. The number of allylic oxidation sites excluding steroid dienone is 8. The van der Waals surface area contributed by atoms with Crippen LogP contribution >= 0.6 is 23.5 Å². The molecule has 0 aromatic rings. The maximum Gasteiger partial charge on any atom is 0.472 e. The molecule has 1 rings (SSSR count). The molecule has 8 atom stereocenters. The van der Waals surface area contributed by atoms with E-state index >= 15 is 0 Å². The number of hydrogen-bond donors (Lipinski definition) is 8. The molecule has 67 heavy (non-hydrogen) atoms. The summed E-state index contributed by atoms with van der Waals surface area (Å²) in [6.07, 6.45) is 22.7. The zero-order valence-electron chi connectivity index (χ0n) is 39.5. The Morgan fingerprint density at radius 2 is 0.910 bits per heavy atom. The molecule has 8 N–H and O–H groups in total. The Labute approximate surface area is 397 Å². The number of hydrogen-bond acceptors (Lipinski definition) is 14. The van der Waals surface area contributed by atoms with Gasteiger partial charge in [0.1, 0.15) is 43.2 Å². The molecule has 0 bridgehead atoms. The summed E-state index contributed by atoms with van der Waals surface area (Å²) >= 11 is 0. The maximum atomic E-state index is 13.1. The first kappa shape index (κ1) is 63.1. The normalized spacial score (nSPS) is 22.0. The minimum Gasteiger partial charge on any atom is -0.462 e. The first-order chi connectivity index (χ1) is 31.8. The second kappa shape index (κ2) is 37.0. The third-order valence-corrected chi connectivity index (χ3v) is 12.6. The summed E-state index contributed by atoms with van der Waals surface area (Å²) in [5, 5.41) is 31.9. The second-order valence-corrected chi connectivity index (χ2v) is 20.4. The van der Waals surface area contributed by atoms with E-state index in [1.165, 1.54) is 38.5 Å². The van der Waals surface area contributed by atoms with Crippen molar-refractivity contribution in [3.8, 4) is 0 Å². The van der Waals surface area contributed by atoms with Gasteiger partial charge < -0.3 is 49.3 Å². The third kappa shape index (κ3) is 33.4. The van der Waals surface area contributed by atoms with Crippen LogP contribution in [0, 0.1) is 0 Å². The molecule has 0 aliphatic heterocycles. The van der Waals surface area contributed by atoms with Gasteiger partial charge in [-0.05, 0) is 70.6 Å². The molecule has 0 radical (unpaired) electrons. The highest BCUT2D eigenvalue weighted by Crippen LogP contribution is 2.51. The molecule has 1 aliphatic rings. The van der Waals surface area contributed by atoms with Crippen molar-refractivity contribution in [2.75, 3.05) is 13.2 Å². The predicted octanol–water partition coefficient (Wildman–Crippen LogP) is 8.62. The number of phosphoric acid groups is 3. The Morgan fingerprint density at radius 1 is 0.493 bits per heavy atom. The van der Waals surface area contributed by atoms with E-state index in [0.29, 0.717) is 12.8 Å². The average Bonchev–Trinajstić information content (AvgIpc) is 3.25. The topological polar surface area (TPSA) is 303 Å². The lowest BCUT2D eigenvalue weighted by Gasteiger charge is -2.44. The summed E-state index contributed by atoms with van der Waals surface area (Å²) in [7, 11) is -16.6. The van der Waals surface area contributed by atoms with Crippen LogP contribution < -0.4 is 0 Å². The second-order valence-electron chi connectivity index (χ2n) is 16.7. The Balaban J connectivity index is 2.75. The summed E-state index contributed by atoms with van der Waals surface area (Å²) in [5.41, 5.74) is 0. The van der Waals surface area contributed by atoms with Gasteiger partial charge in [0.05, 0.1) is 6.61 Å². The molecule has 0 spiro atoms. The smallest absolute Gasteiger partial charge is 0.462 e. The Hall–Kier alpha value is -1.89. The fourth-order valence-electron chi connectivity index (χ4n) is 7.06. The van der Waals surface area contributed by atoms with Gasteiger partial charge in [-0.2, -0.15) is 0 Å². The van der Waals surface area contributed by atoms with E-state index in [-0.39, 0.29) is 12.8 Å². The highest BCUT2D eigenvalue weighted by Gasteiger charge is 2.56. The first-order valence-corrected chi connectivity index (χ1v) is 28.5. The maximum absolute atomic E-state index is 13.1. The Morgan fingerprint density at radius 3 is 1.42 bits per heavy atom. The number of esters is 2. The van der Waals surface area contributed by atoms with Crippen molar-refractivity contribution in [3.05, 3.63) is 48.6 Å². The van der Waals surface area contributed by atoms with Crippen molar-refractivity contribution in [1.82, 2.24) is 0 Å². The van der Waals surface area contributed by atoms with Gasteiger partial charge in [0, 0.05) is 12.8 Å². The van der Waals surface area contributed by atoms with Gasteiger partial charge in [0.15, 0.2) is 6.10 Å². The number of aliphatic hydroxyl groups excluding tert-OH is 3. The van der Waals surface area contributed by atoms with Gasteiger partial charge in [-0.25, -0.2) is 13.7 Å². The molecule has 1 fully saturated rings. The molecule has 0 saturated heterocycles. The lowest BCUT2D eigenvalue weighted by molar-refractivity contribution is -0.213. The number of aliphatic hydroxyl groups is 3. The number of carbonyl (C=O) groups is 2. The minimum atomic E-state index is -5.60. The molecular formula is C45H81O19P3. The minimum absolute atomic E-state index is 0.0170. The summed E-state index contributed by atoms with van der Waals surface area (Å²) in [6, 6.07) is 0. The first-order valence-electron chi connectivity index (χ1n) is 23.9. The van der Waals surface area contributed by atoms with Crippen LogP contribution in [-0.4, -0.2) is 108 Å². The molecule has 1 aliphatic carbocycles. The summed E-state index contributed by atoms with van der Waals surface area (Å²) in [4.78, 5) is 73.2. The highest BCUT2D eigenvalue weighted by molar-refractivity contribution is 7.47. The lowest BCUT2D eigenvalue weighted by Crippen LogP contribution is -2.65. The van der Waals surface area contributed by atoms with Gasteiger partial charge in [0.25, 0.3) is 0 Å². The molecule has 22 heteroatoms. The number of rotatable bonds is 40. The number of carbonyl (C=O) groups excluding carboxylic acids is 2. The van der Waals surface area contributed by atoms with E-state index < -0.39 is 91.3 Å². The van der Waals surface area contributed by atoms with Crippen LogP contribution in [0.25, 0.3) is 0 Å². The molecule has 0 aromatic heterocycles. The van der Waals surface area contributed by atoms with Crippen LogP contribution in [-0.2, 0) is 50.9 Å². The number of unbranched alkanes of at least 4 members (excludes halogenated alkanes) is 16. The van der Waals surface area contributed by atoms with Crippen molar-refractivity contribution in [2.45, 2.75) is 211 Å². The van der Waals surface area contributed by atoms with Gasteiger partial charge in [-0.3, -0.25) is 27.7 Å². The van der Waals surface area contributed by atoms with Crippen LogP contribution in [0.2, 0.25) is 0 Å². The van der Waals surface area contributed by atoms with E-state index in [1.54, 1.807) is 0 Å². The summed E-state index contributed by atoms with van der Waals surface area (Å²) < 4.78 is 65.4. The zero-order chi connectivity index (χ0) is 50.0. The molecule has 19 nitrogen and oxygen atoms in total. The zero-order valence-corrected chi connectivity index (χ0v) is 42.1. The predicted molar refractivity (Wildman–Crippen MR) is 252 cm³/mol. The van der Waals surface area contributed by atoms with E-state index in [9.17, 15) is 63.1 Å². The van der Waals surface area contributed by atoms with Crippen molar-refractivity contribution < 1.29 is 90.6 Å². The van der Waals surface area contributed by atoms with Crippen molar-refractivity contribution in [1.29, 1.82) is 0 Å². The molecule has 0 heterocycles. The van der Waals surface area contributed by atoms with E-state index in [2.05, 4.69) is 71.5 Å². The van der Waals surface area contributed by atoms with E-state index in [4.69, 9.17) is 18.5 Å². The summed E-state index contributed by atoms with van der Waals surface area (Å²) in [6.45, 7) is 2.80. The SMILES string of the molecule is CCC=CCC=CCC=CCCCCCCCC(=O)OCC(COP(=O)(O)OC1C(O)C(O)C(OP(=O)(O)O)C(OP(=O)(O)O)C1O)OC(=O)CCCCCCCC=CCCCCCCCC. The molecule has 0 aromatic carbocycles.